The van der Waals surface area contributed by atoms with Gasteiger partial charge in [-0.1, -0.05) is 18.2 Å². The summed E-state index contributed by atoms with van der Waals surface area (Å²) in [5.74, 6) is -1.29. The number of rotatable bonds is 4. The molecule has 1 amide bonds. The molecule has 3 rings (SSSR count). The molecule has 0 aromatic heterocycles. The van der Waals surface area contributed by atoms with E-state index in [0.717, 1.165) is 17.4 Å². The van der Waals surface area contributed by atoms with Crippen LogP contribution in [0.2, 0.25) is 0 Å². The van der Waals surface area contributed by atoms with Gasteiger partial charge >= 0.3 is 5.97 Å². The second kappa shape index (κ2) is 5.76. The molecule has 0 aliphatic carbocycles. The van der Waals surface area contributed by atoms with E-state index in [2.05, 4.69) is 0 Å². The normalized spacial score (nSPS) is 13.9. The molecule has 0 bridgehead atoms. The standard InChI is InChI=1S/C17H15NO5S/c1-24(22,23)14-6-2-11(3-7-14)9-18-10-13-5-4-12(17(20)21)8-15(13)16(18)19/h2-8H,9-10H2,1H3,(H,20,21). The van der Waals surface area contributed by atoms with Crippen LogP contribution in [0.15, 0.2) is 47.4 Å². The molecule has 0 saturated heterocycles. The fraction of sp³-hybridized carbons (Fsp3) is 0.176. The molecule has 2 aromatic carbocycles. The Morgan fingerprint density at radius 3 is 2.42 bits per heavy atom. The number of carbonyl (C=O) groups excluding carboxylic acids is 1. The molecule has 24 heavy (non-hydrogen) atoms. The number of amides is 1. The Hall–Kier alpha value is -2.67. The number of carboxylic acids is 1. The van der Waals surface area contributed by atoms with Crippen LogP contribution in [0, 0.1) is 0 Å². The van der Waals surface area contributed by atoms with E-state index < -0.39 is 15.8 Å². The van der Waals surface area contributed by atoms with Crippen molar-refractivity contribution < 1.29 is 23.1 Å². The van der Waals surface area contributed by atoms with Crippen LogP contribution in [0.1, 0.15) is 31.8 Å². The van der Waals surface area contributed by atoms with E-state index in [0.29, 0.717) is 18.7 Å². The second-order valence-corrected chi connectivity index (χ2v) is 7.77. The summed E-state index contributed by atoms with van der Waals surface area (Å²) >= 11 is 0. The number of nitrogens with zero attached hydrogens (tertiary/aromatic N) is 1. The molecule has 1 aliphatic rings. The van der Waals surface area contributed by atoms with Gasteiger partial charge in [-0.3, -0.25) is 4.79 Å². The topological polar surface area (TPSA) is 91.8 Å². The van der Waals surface area contributed by atoms with Crippen molar-refractivity contribution in [3.05, 3.63) is 64.7 Å². The van der Waals surface area contributed by atoms with E-state index >= 15 is 0 Å². The Morgan fingerprint density at radius 2 is 1.83 bits per heavy atom. The van der Waals surface area contributed by atoms with Gasteiger partial charge in [0.25, 0.3) is 5.91 Å². The van der Waals surface area contributed by atoms with E-state index in [9.17, 15) is 18.0 Å². The van der Waals surface area contributed by atoms with Gasteiger partial charge in [-0.05, 0) is 35.4 Å². The Kier molecular flexibility index (Phi) is 3.88. The van der Waals surface area contributed by atoms with Gasteiger partial charge in [-0.2, -0.15) is 0 Å². The number of carbonyl (C=O) groups is 2. The minimum absolute atomic E-state index is 0.0847. The summed E-state index contributed by atoms with van der Waals surface area (Å²) in [5.41, 5.74) is 2.09. The molecular weight excluding hydrogens is 330 g/mol. The van der Waals surface area contributed by atoms with E-state index in [1.807, 2.05) is 0 Å². The van der Waals surface area contributed by atoms with E-state index in [4.69, 9.17) is 5.11 Å². The maximum Gasteiger partial charge on any atom is 0.335 e. The van der Waals surface area contributed by atoms with Crippen molar-refractivity contribution in [2.45, 2.75) is 18.0 Å². The van der Waals surface area contributed by atoms with Gasteiger partial charge in [-0.15, -0.1) is 0 Å². The summed E-state index contributed by atoms with van der Waals surface area (Å²) < 4.78 is 22.9. The van der Waals surface area contributed by atoms with Crippen molar-refractivity contribution >= 4 is 21.7 Å². The smallest absolute Gasteiger partial charge is 0.335 e. The molecule has 6 nitrogen and oxygen atoms in total. The lowest BCUT2D eigenvalue weighted by molar-refractivity contribution is 0.0697. The van der Waals surface area contributed by atoms with Gasteiger partial charge in [0.15, 0.2) is 9.84 Å². The number of aromatic carboxylic acids is 1. The Bertz CT molecular complexity index is 932. The molecular formula is C17H15NO5S. The van der Waals surface area contributed by atoms with Crippen LogP contribution in [-0.2, 0) is 22.9 Å². The maximum absolute atomic E-state index is 12.4. The largest absolute Gasteiger partial charge is 0.478 e. The van der Waals surface area contributed by atoms with Gasteiger partial charge < -0.3 is 10.0 Å². The van der Waals surface area contributed by atoms with Gasteiger partial charge in [-0.25, -0.2) is 13.2 Å². The Balaban J connectivity index is 1.80. The molecule has 0 saturated carbocycles. The first kappa shape index (κ1) is 16.2. The monoisotopic (exact) mass is 345 g/mol. The van der Waals surface area contributed by atoms with E-state index in [-0.39, 0.29) is 16.4 Å². The van der Waals surface area contributed by atoms with Gasteiger partial charge in [0.05, 0.1) is 10.5 Å². The maximum atomic E-state index is 12.4. The summed E-state index contributed by atoms with van der Waals surface area (Å²) in [5, 5.41) is 9.02. The summed E-state index contributed by atoms with van der Waals surface area (Å²) in [6.45, 7) is 0.738. The molecule has 0 radical (unpaired) electrons. The zero-order valence-corrected chi connectivity index (χ0v) is 13.7. The molecule has 0 unspecified atom stereocenters. The fourth-order valence-corrected chi connectivity index (χ4v) is 3.31. The quantitative estimate of drug-likeness (QED) is 0.914. The van der Waals surface area contributed by atoms with Crippen molar-refractivity contribution in [3.8, 4) is 0 Å². The molecule has 1 aliphatic heterocycles. The molecule has 1 N–H and O–H groups in total. The summed E-state index contributed by atoms with van der Waals surface area (Å²) in [7, 11) is -3.25. The lowest BCUT2D eigenvalue weighted by Crippen LogP contribution is -2.23. The highest BCUT2D eigenvalue weighted by atomic mass is 32.2. The predicted molar refractivity (Wildman–Crippen MR) is 86.5 cm³/mol. The molecule has 124 valence electrons. The van der Waals surface area contributed by atoms with Gasteiger partial charge in [0.2, 0.25) is 0 Å². The number of benzene rings is 2. The van der Waals surface area contributed by atoms with Crippen LogP contribution in [0.5, 0.6) is 0 Å². The molecule has 2 aromatic rings. The third kappa shape index (κ3) is 3.03. The molecule has 0 atom stereocenters. The molecule has 1 heterocycles. The predicted octanol–water partition coefficient (Wildman–Crippen LogP) is 1.94. The second-order valence-electron chi connectivity index (χ2n) is 5.75. The highest BCUT2D eigenvalue weighted by molar-refractivity contribution is 7.90. The number of carboxylic acid groups (broad SMARTS) is 1. The minimum Gasteiger partial charge on any atom is -0.478 e. The summed E-state index contributed by atoms with van der Waals surface area (Å²) in [4.78, 5) is 25.3. The zero-order chi connectivity index (χ0) is 17.5. The van der Waals surface area contributed by atoms with Gasteiger partial charge in [0, 0.05) is 24.9 Å². The lowest BCUT2D eigenvalue weighted by Gasteiger charge is -2.15. The molecule has 7 heteroatoms. The highest BCUT2D eigenvalue weighted by Gasteiger charge is 2.28. The molecule has 0 spiro atoms. The Labute approximate surface area is 139 Å². The first-order chi connectivity index (χ1) is 11.3. The van der Waals surface area contributed by atoms with Crippen LogP contribution in [0.3, 0.4) is 0 Å². The Morgan fingerprint density at radius 1 is 1.17 bits per heavy atom. The summed E-state index contributed by atoms with van der Waals surface area (Å²) in [6, 6.07) is 10.9. The van der Waals surface area contributed by atoms with Crippen LogP contribution >= 0.6 is 0 Å². The summed E-state index contributed by atoms with van der Waals surface area (Å²) in [6.07, 6.45) is 1.14. The molecule has 0 fully saturated rings. The minimum atomic E-state index is -3.25. The van der Waals surface area contributed by atoms with E-state index in [1.54, 1.807) is 23.1 Å². The first-order valence-electron chi connectivity index (χ1n) is 7.20. The first-order valence-corrected chi connectivity index (χ1v) is 9.09. The zero-order valence-electron chi connectivity index (χ0n) is 12.9. The lowest BCUT2D eigenvalue weighted by atomic mass is 10.1. The SMILES string of the molecule is CS(=O)(=O)c1ccc(CN2Cc3ccc(C(=O)O)cc3C2=O)cc1. The fourth-order valence-electron chi connectivity index (χ4n) is 2.68. The third-order valence-corrected chi connectivity index (χ3v) is 5.09. The van der Waals surface area contributed by atoms with Crippen LogP contribution in [0.25, 0.3) is 0 Å². The number of fused-ring (bicyclic) bond motifs is 1. The van der Waals surface area contributed by atoms with Crippen LogP contribution < -0.4 is 0 Å². The van der Waals surface area contributed by atoms with E-state index in [1.165, 1.54) is 24.3 Å². The highest BCUT2D eigenvalue weighted by Crippen LogP contribution is 2.25. The average Bonchev–Trinajstić information content (AvgIpc) is 2.83. The van der Waals surface area contributed by atoms with Gasteiger partial charge in [0.1, 0.15) is 0 Å². The van der Waals surface area contributed by atoms with Crippen LogP contribution in [0.4, 0.5) is 0 Å². The van der Waals surface area contributed by atoms with Crippen molar-refractivity contribution in [2.24, 2.45) is 0 Å². The van der Waals surface area contributed by atoms with Crippen molar-refractivity contribution in [1.82, 2.24) is 4.90 Å². The van der Waals surface area contributed by atoms with Crippen LogP contribution in [-0.4, -0.2) is 36.6 Å². The number of hydrogen-bond acceptors (Lipinski definition) is 4. The number of hydrogen-bond donors (Lipinski definition) is 1. The van der Waals surface area contributed by atoms with Crippen molar-refractivity contribution in [1.29, 1.82) is 0 Å². The van der Waals surface area contributed by atoms with Crippen molar-refractivity contribution in [3.63, 3.8) is 0 Å². The number of sulfone groups is 1. The van der Waals surface area contributed by atoms with Crippen molar-refractivity contribution in [2.75, 3.05) is 6.26 Å². The third-order valence-electron chi connectivity index (χ3n) is 3.96. The average molecular weight is 345 g/mol.